The second-order valence-corrected chi connectivity index (χ2v) is 3.93. The van der Waals surface area contributed by atoms with Crippen LogP contribution in [0.5, 0.6) is 0 Å². The van der Waals surface area contributed by atoms with Gasteiger partial charge in [-0.25, -0.2) is 0 Å². The molecule has 1 amide bonds. The van der Waals surface area contributed by atoms with Gasteiger partial charge in [-0.1, -0.05) is 6.58 Å². The molecule has 3 fully saturated rings. The molecule has 3 heteroatoms. The normalized spacial score (nSPS) is 36.0. The number of ketones is 1. The first kappa shape index (κ1) is 8.48. The van der Waals surface area contributed by atoms with Crippen LogP contribution in [0.1, 0.15) is 13.8 Å². The summed E-state index contributed by atoms with van der Waals surface area (Å²) in [4.78, 5) is 24.2. The summed E-state index contributed by atoms with van der Waals surface area (Å²) < 4.78 is 0. The van der Waals surface area contributed by atoms with Crippen LogP contribution in [0.3, 0.4) is 0 Å². The lowest BCUT2D eigenvalue weighted by molar-refractivity contribution is -0.130. The monoisotopic (exact) mass is 179 g/mol. The number of hydrogen-bond donors (Lipinski definition) is 0. The molecular formula is C10H13NO2. The summed E-state index contributed by atoms with van der Waals surface area (Å²) in [5, 5.41) is 0. The number of Topliss-reactive ketones (excluding diaryl/α,β-unsaturated/α-hetero) is 1. The third-order valence-electron chi connectivity index (χ3n) is 3.23. The Kier molecular flexibility index (Phi) is 1.59. The van der Waals surface area contributed by atoms with E-state index < -0.39 is 0 Å². The zero-order chi connectivity index (χ0) is 9.75. The van der Waals surface area contributed by atoms with Gasteiger partial charge < -0.3 is 4.90 Å². The molecule has 3 nitrogen and oxygen atoms in total. The molecule has 70 valence electrons. The second kappa shape index (κ2) is 2.44. The fourth-order valence-electron chi connectivity index (χ4n) is 2.56. The number of nitrogens with zero attached hydrogens (tertiary/aromatic N) is 1. The third kappa shape index (κ3) is 0.900. The minimum atomic E-state index is 0.0139. The largest absolute Gasteiger partial charge is 0.335 e. The van der Waals surface area contributed by atoms with Crippen molar-refractivity contribution in [2.75, 3.05) is 6.54 Å². The topological polar surface area (TPSA) is 37.4 Å². The lowest BCUT2D eigenvalue weighted by Crippen LogP contribution is -2.45. The highest BCUT2D eigenvalue weighted by atomic mass is 16.2. The number of fused-ring (bicyclic) bond motifs is 1. The van der Waals surface area contributed by atoms with E-state index in [9.17, 15) is 9.59 Å². The van der Waals surface area contributed by atoms with Crippen molar-refractivity contribution in [3.63, 3.8) is 0 Å². The molecule has 0 spiro atoms. The molecule has 2 saturated heterocycles. The van der Waals surface area contributed by atoms with Crippen LogP contribution in [0.2, 0.25) is 0 Å². The maximum atomic E-state index is 11.2. The predicted octanol–water partition coefficient (Wildman–Crippen LogP) is 0.608. The van der Waals surface area contributed by atoms with Gasteiger partial charge in [0.05, 0.1) is 6.04 Å². The summed E-state index contributed by atoms with van der Waals surface area (Å²) >= 11 is 0. The van der Waals surface area contributed by atoms with Crippen molar-refractivity contribution in [1.82, 2.24) is 4.90 Å². The maximum absolute atomic E-state index is 11.2. The molecule has 3 atom stereocenters. The Morgan fingerprint density at radius 2 is 2.08 bits per heavy atom. The van der Waals surface area contributed by atoms with Crippen molar-refractivity contribution in [1.29, 1.82) is 0 Å². The van der Waals surface area contributed by atoms with Crippen LogP contribution in [0, 0.1) is 11.8 Å². The molecule has 3 aliphatic rings. The van der Waals surface area contributed by atoms with Crippen LogP contribution in [-0.2, 0) is 9.59 Å². The van der Waals surface area contributed by atoms with E-state index in [1.165, 1.54) is 0 Å². The van der Waals surface area contributed by atoms with Crippen LogP contribution in [0.4, 0.5) is 0 Å². The van der Waals surface area contributed by atoms with Crippen LogP contribution >= 0.6 is 0 Å². The van der Waals surface area contributed by atoms with Crippen LogP contribution in [0.25, 0.3) is 0 Å². The minimum absolute atomic E-state index is 0.0139. The zero-order valence-electron chi connectivity index (χ0n) is 7.91. The molecule has 2 heterocycles. The molecule has 13 heavy (non-hydrogen) atoms. The number of carbonyl (C=O) groups excluding carboxylic acids is 2. The standard InChI is InChI=1S/C10H13NO2/c1-5-8-4-11(7(3)13)10(5)9(8)6(2)12/h8-10H,1,4H2,2-3H3. The Balaban J connectivity index is 2.23. The van der Waals surface area contributed by atoms with E-state index in [1.807, 2.05) is 0 Å². The van der Waals surface area contributed by atoms with Gasteiger partial charge in [-0.15, -0.1) is 0 Å². The Bertz CT molecular complexity index is 292. The van der Waals surface area contributed by atoms with Crippen LogP contribution in [0.15, 0.2) is 12.2 Å². The number of amides is 1. The van der Waals surface area contributed by atoms with Gasteiger partial charge in [0.15, 0.2) is 0 Å². The van der Waals surface area contributed by atoms with E-state index in [-0.39, 0.29) is 29.6 Å². The molecule has 0 aromatic carbocycles. The molecule has 0 radical (unpaired) electrons. The fraction of sp³-hybridized carbons (Fsp3) is 0.600. The second-order valence-electron chi connectivity index (χ2n) is 3.93. The highest BCUT2D eigenvalue weighted by Gasteiger charge is 2.57. The van der Waals surface area contributed by atoms with Gasteiger partial charge in [-0.05, 0) is 12.5 Å². The zero-order valence-corrected chi connectivity index (χ0v) is 7.91. The maximum Gasteiger partial charge on any atom is 0.219 e. The van der Waals surface area contributed by atoms with Crippen molar-refractivity contribution in [3.8, 4) is 0 Å². The summed E-state index contributed by atoms with van der Waals surface area (Å²) in [5.74, 6) is 0.520. The van der Waals surface area contributed by atoms with Crippen LogP contribution in [-0.4, -0.2) is 29.2 Å². The smallest absolute Gasteiger partial charge is 0.219 e. The molecule has 0 aromatic rings. The summed E-state index contributed by atoms with van der Waals surface area (Å²) in [6.45, 7) is 7.75. The molecule has 1 saturated carbocycles. The first-order chi connectivity index (χ1) is 6.04. The fourth-order valence-corrected chi connectivity index (χ4v) is 2.56. The molecule has 1 aliphatic carbocycles. The van der Waals surface area contributed by atoms with E-state index in [1.54, 1.807) is 18.7 Å². The lowest BCUT2D eigenvalue weighted by Gasteiger charge is -2.36. The van der Waals surface area contributed by atoms with E-state index in [0.717, 1.165) is 5.57 Å². The summed E-state index contributed by atoms with van der Waals surface area (Å²) in [5.41, 5.74) is 1.07. The van der Waals surface area contributed by atoms with Gasteiger partial charge in [0.1, 0.15) is 5.78 Å². The number of rotatable bonds is 1. The van der Waals surface area contributed by atoms with Gasteiger partial charge in [0.2, 0.25) is 5.91 Å². The Morgan fingerprint density at radius 1 is 1.46 bits per heavy atom. The number of carbonyl (C=O) groups is 2. The first-order valence-corrected chi connectivity index (χ1v) is 4.50. The van der Waals surface area contributed by atoms with E-state index in [4.69, 9.17) is 0 Å². The average molecular weight is 179 g/mol. The van der Waals surface area contributed by atoms with Crippen molar-refractivity contribution in [3.05, 3.63) is 12.2 Å². The van der Waals surface area contributed by atoms with E-state index in [2.05, 4.69) is 6.58 Å². The third-order valence-corrected chi connectivity index (χ3v) is 3.23. The Labute approximate surface area is 77.4 Å². The summed E-state index contributed by atoms with van der Waals surface area (Å²) in [6, 6.07) is 0.0139. The SMILES string of the molecule is C=C1C2CN(C(C)=O)C1C2C(C)=O. The van der Waals surface area contributed by atoms with Crippen molar-refractivity contribution in [2.24, 2.45) is 11.8 Å². The molecule has 2 bridgehead atoms. The molecule has 2 aliphatic heterocycles. The summed E-state index contributed by atoms with van der Waals surface area (Å²) in [6.07, 6.45) is 0. The van der Waals surface area contributed by atoms with Gasteiger partial charge in [-0.3, -0.25) is 9.59 Å². The van der Waals surface area contributed by atoms with Gasteiger partial charge in [-0.2, -0.15) is 0 Å². The van der Waals surface area contributed by atoms with Crippen molar-refractivity contribution in [2.45, 2.75) is 19.9 Å². The minimum Gasteiger partial charge on any atom is -0.335 e. The van der Waals surface area contributed by atoms with Gasteiger partial charge in [0.25, 0.3) is 0 Å². The lowest BCUT2D eigenvalue weighted by atomic mass is 9.68. The van der Waals surface area contributed by atoms with E-state index in [0.29, 0.717) is 6.54 Å². The highest BCUT2D eigenvalue weighted by molar-refractivity contribution is 5.86. The Hall–Kier alpha value is -1.12. The number of hydrogen-bond acceptors (Lipinski definition) is 2. The van der Waals surface area contributed by atoms with Gasteiger partial charge in [0, 0.05) is 25.3 Å². The molecule has 0 N–H and O–H groups in total. The average Bonchev–Trinajstić information content (AvgIpc) is 2.55. The van der Waals surface area contributed by atoms with Crippen LogP contribution < -0.4 is 0 Å². The molecule has 3 unspecified atom stereocenters. The van der Waals surface area contributed by atoms with Crippen molar-refractivity contribution >= 4 is 11.7 Å². The Morgan fingerprint density at radius 3 is 2.38 bits per heavy atom. The predicted molar refractivity (Wildman–Crippen MR) is 48.0 cm³/mol. The quantitative estimate of drug-likeness (QED) is 0.553. The molecule has 0 aromatic heterocycles. The van der Waals surface area contributed by atoms with E-state index >= 15 is 0 Å². The first-order valence-electron chi connectivity index (χ1n) is 4.50. The van der Waals surface area contributed by atoms with Crippen molar-refractivity contribution < 1.29 is 9.59 Å². The highest BCUT2D eigenvalue weighted by Crippen LogP contribution is 2.50. The molecular weight excluding hydrogens is 166 g/mol. The summed E-state index contributed by atoms with van der Waals surface area (Å²) in [7, 11) is 0. The van der Waals surface area contributed by atoms with Gasteiger partial charge >= 0.3 is 0 Å². The molecule has 3 rings (SSSR count).